The second kappa shape index (κ2) is 8.63. The number of amides is 3. The van der Waals surface area contributed by atoms with Crippen molar-refractivity contribution >= 4 is 17.7 Å². The van der Waals surface area contributed by atoms with Crippen LogP contribution in [-0.4, -0.2) is 94.1 Å². The van der Waals surface area contributed by atoms with Crippen LogP contribution in [0, 0.1) is 17.8 Å². The van der Waals surface area contributed by atoms with E-state index in [2.05, 4.69) is 13.2 Å². The number of ether oxygens (including phenoxy) is 1. The Hall–Kier alpha value is -2.19. The van der Waals surface area contributed by atoms with Crippen LogP contribution in [0.3, 0.4) is 0 Å². The van der Waals surface area contributed by atoms with Gasteiger partial charge in [0.1, 0.15) is 11.6 Å². The topological polar surface area (TPSA) is 90.4 Å². The van der Waals surface area contributed by atoms with E-state index in [4.69, 9.17) is 4.74 Å². The lowest BCUT2D eigenvalue weighted by Crippen LogP contribution is -2.58. The largest absolute Gasteiger partial charge is 0.395 e. The molecule has 3 fully saturated rings. The number of fused-ring (bicyclic) bond motifs is 1. The third-order valence-electron chi connectivity index (χ3n) is 7.67. The van der Waals surface area contributed by atoms with Gasteiger partial charge in [-0.1, -0.05) is 19.1 Å². The van der Waals surface area contributed by atoms with Crippen molar-refractivity contribution in [3.8, 4) is 0 Å². The number of β-amino-alcohol motifs (C(OH)–C–C–N with tert-alkyl or cyclic N) is 1. The number of nitrogens with zero attached hydrogens (tertiary/aromatic N) is 3. The third-order valence-corrected chi connectivity index (χ3v) is 7.67. The molecule has 0 aliphatic carbocycles. The molecule has 32 heavy (non-hydrogen) atoms. The minimum absolute atomic E-state index is 0.0192. The molecule has 0 radical (unpaired) electrons. The predicted octanol–water partition coefficient (Wildman–Crippen LogP) is 1.06. The Morgan fingerprint density at radius 1 is 1.28 bits per heavy atom. The second-order valence-electron chi connectivity index (χ2n) is 9.84. The van der Waals surface area contributed by atoms with Crippen molar-refractivity contribution in [3.05, 3.63) is 25.3 Å². The van der Waals surface area contributed by atoms with Gasteiger partial charge in [-0.3, -0.25) is 14.4 Å². The molecule has 1 N–H and O–H groups in total. The molecule has 8 nitrogen and oxygen atoms in total. The Morgan fingerprint density at radius 3 is 2.44 bits per heavy atom. The van der Waals surface area contributed by atoms with Crippen molar-refractivity contribution in [2.24, 2.45) is 17.8 Å². The Labute approximate surface area is 190 Å². The van der Waals surface area contributed by atoms with Gasteiger partial charge in [0.25, 0.3) is 0 Å². The number of likely N-dealkylation sites (tertiary alicyclic amines) is 1. The summed E-state index contributed by atoms with van der Waals surface area (Å²) in [6.45, 7) is 15.7. The number of hydrogen-bond acceptors (Lipinski definition) is 5. The van der Waals surface area contributed by atoms with Gasteiger partial charge in [0.2, 0.25) is 17.7 Å². The number of rotatable bonds is 9. The third kappa shape index (κ3) is 3.30. The maximum atomic E-state index is 13.9. The van der Waals surface area contributed by atoms with Gasteiger partial charge in [-0.15, -0.1) is 13.2 Å². The van der Waals surface area contributed by atoms with Crippen molar-refractivity contribution in [1.29, 1.82) is 0 Å². The number of aliphatic hydroxyl groups excluding tert-OH is 1. The zero-order valence-electron chi connectivity index (χ0n) is 19.9. The molecule has 3 unspecified atom stereocenters. The summed E-state index contributed by atoms with van der Waals surface area (Å²) < 4.78 is 6.64. The monoisotopic (exact) mass is 447 g/mol. The van der Waals surface area contributed by atoms with Crippen molar-refractivity contribution in [3.63, 3.8) is 0 Å². The molecular formula is C24H37N3O5. The van der Waals surface area contributed by atoms with Gasteiger partial charge in [-0.2, -0.15) is 0 Å². The van der Waals surface area contributed by atoms with E-state index in [1.165, 1.54) is 4.90 Å². The van der Waals surface area contributed by atoms with E-state index >= 15 is 0 Å². The van der Waals surface area contributed by atoms with Crippen molar-refractivity contribution in [1.82, 2.24) is 14.7 Å². The fourth-order valence-electron chi connectivity index (χ4n) is 6.11. The molecule has 0 aromatic heterocycles. The highest BCUT2D eigenvalue weighted by molar-refractivity contribution is 5.99. The summed E-state index contributed by atoms with van der Waals surface area (Å²) >= 11 is 0. The lowest BCUT2D eigenvalue weighted by atomic mass is 9.62. The summed E-state index contributed by atoms with van der Waals surface area (Å²) in [6.07, 6.45) is 3.81. The van der Waals surface area contributed by atoms with E-state index in [1.807, 2.05) is 27.7 Å². The lowest BCUT2D eigenvalue weighted by molar-refractivity contribution is -0.155. The van der Waals surface area contributed by atoms with Crippen molar-refractivity contribution in [2.75, 3.05) is 33.3 Å². The standard InChI is InChI=1S/C24H37N3O5/c1-8-10-25(7)20(29)17-18-21(30)27(12-13-28)19(22(31)26(11-9-2)15(3)4)24(18)14-16(5)23(17,6)32-24/h8-9,15-19,28H,1-2,10-14H2,3-7H3/t16?,17-,18+,19?,23+,24?/m1/s1. The van der Waals surface area contributed by atoms with E-state index in [1.54, 1.807) is 29.0 Å². The molecule has 3 aliphatic heterocycles. The van der Waals surface area contributed by atoms with E-state index in [0.29, 0.717) is 19.5 Å². The van der Waals surface area contributed by atoms with Gasteiger partial charge < -0.3 is 24.5 Å². The zero-order chi connectivity index (χ0) is 24.0. The van der Waals surface area contributed by atoms with Crippen LogP contribution in [0.15, 0.2) is 25.3 Å². The van der Waals surface area contributed by atoms with E-state index < -0.39 is 29.1 Å². The fraction of sp³-hybridized carbons (Fsp3) is 0.708. The molecule has 0 aromatic carbocycles. The fourth-order valence-corrected chi connectivity index (χ4v) is 6.11. The average molecular weight is 448 g/mol. The minimum Gasteiger partial charge on any atom is -0.395 e. The van der Waals surface area contributed by atoms with Crippen LogP contribution in [-0.2, 0) is 19.1 Å². The first-order valence-corrected chi connectivity index (χ1v) is 11.4. The Morgan fingerprint density at radius 2 is 1.91 bits per heavy atom. The number of carbonyl (C=O) groups is 3. The van der Waals surface area contributed by atoms with Crippen LogP contribution in [0.5, 0.6) is 0 Å². The van der Waals surface area contributed by atoms with E-state index in [9.17, 15) is 19.5 Å². The molecule has 3 heterocycles. The average Bonchev–Trinajstić information content (AvgIpc) is 3.23. The van der Waals surface area contributed by atoms with E-state index in [0.717, 1.165) is 0 Å². The molecule has 6 atom stereocenters. The number of carbonyl (C=O) groups excluding carboxylic acids is 3. The minimum atomic E-state index is -1.10. The number of hydrogen-bond donors (Lipinski definition) is 1. The molecule has 178 valence electrons. The molecule has 3 aliphatic rings. The van der Waals surface area contributed by atoms with Gasteiger partial charge in [0.05, 0.1) is 24.0 Å². The maximum Gasteiger partial charge on any atom is 0.248 e. The Kier molecular flexibility index (Phi) is 6.60. The van der Waals surface area contributed by atoms with Gasteiger partial charge in [-0.25, -0.2) is 0 Å². The normalized spacial score (nSPS) is 35.2. The van der Waals surface area contributed by atoms with Crippen LogP contribution < -0.4 is 0 Å². The van der Waals surface area contributed by atoms with Crippen LogP contribution in [0.2, 0.25) is 0 Å². The highest BCUT2D eigenvalue weighted by atomic mass is 16.5. The summed E-state index contributed by atoms with van der Waals surface area (Å²) in [4.78, 5) is 45.8. The molecule has 3 rings (SSSR count). The quantitative estimate of drug-likeness (QED) is 0.534. The molecule has 1 spiro atoms. The highest BCUT2D eigenvalue weighted by Gasteiger charge is 2.80. The van der Waals surface area contributed by atoms with Gasteiger partial charge in [-0.05, 0) is 33.1 Å². The molecule has 0 saturated carbocycles. The summed E-state index contributed by atoms with van der Waals surface area (Å²) in [5.74, 6) is -2.18. The van der Waals surface area contributed by atoms with Crippen molar-refractivity contribution in [2.45, 2.75) is 57.4 Å². The Balaban J connectivity index is 2.12. The first kappa shape index (κ1) is 24.5. The van der Waals surface area contributed by atoms with E-state index in [-0.39, 0.29) is 42.8 Å². The molecule has 2 bridgehead atoms. The summed E-state index contributed by atoms with van der Waals surface area (Å²) in [6, 6.07) is -0.994. The second-order valence-corrected chi connectivity index (χ2v) is 9.84. The molecule has 3 amide bonds. The number of aliphatic hydroxyl groups is 1. The molecule has 8 heteroatoms. The van der Waals surface area contributed by atoms with Crippen molar-refractivity contribution < 1.29 is 24.2 Å². The first-order valence-electron chi connectivity index (χ1n) is 11.4. The predicted molar refractivity (Wildman–Crippen MR) is 120 cm³/mol. The Bertz CT molecular complexity index is 813. The summed E-state index contributed by atoms with van der Waals surface area (Å²) in [7, 11) is 1.69. The van der Waals surface area contributed by atoms with Gasteiger partial charge in [0, 0.05) is 32.7 Å². The van der Waals surface area contributed by atoms with Crippen LogP contribution in [0.25, 0.3) is 0 Å². The summed E-state index contributed by atoms with van der Waals surface area (Å²) in [5, 5.41) is 9.70. The number of likely N-dealkylation sites (N-methyl/N-ethyl adjacent to an activating group) is 1. The van der Waals surface area contributed by atoms with Crippen LogP contribution in [0.4, 0.5) is 0 Å². The van der Waals surface area contributed by atoms with Gasteiger partial charge >= 0.3 is 0 Å². The first-order chi connectivity index (χ1) is 15.0. The smallest absolute Gasteiger partial charge is 0.248 e. The highest BCUT2D eigenvalue weighted by Crippen LogP contribution is 2.65. The van der Waals surface area contributed by atoms with Gasteiger partial charge in [0.15, 0.2) is 0 Å². The lowest BCUT2D eigenvalue weighted by Gasteiger charge is -2.39. The van der Waals surface area contributed by atoms with Crippen LogP contribution >= 0.6 is 0 Å². The van der Waals surface area contributed by atoms with Crippen LogP contribution in [0.1, 0.15) is 34.1 Å². The molecule has 0 aromatic rings. The molecule has 3 saturated heterocycles. The SMILES string of the molecule is C=CCN(C)C(=O)[C@H]1[C@H]2C(=O)N(CCO)C(C(=O)N(CC=C)C(C)C)C23CC(C)[C@]1(C)O3. The zero-order valence-corrected chi connectivity index (χ0v) is 19.9. The molecular weight excluding hydrogens is 410 g/mol. The maximum absolute atomic E-state index is 13.9. The summed E-state index contributed by atoms with van der Waals surface area (Å²) in [5.41, 5.74) is -1.95.